The van der Waals surface area contributed by atoms with Crippen LogP contribution in [0.5, 0.6) is 0 Å². The topological polar surface area (TPSA) is 15.5 Å². The molecule has 0 bridgehead atoms. The smallest absolute Gasteiger partial charge is 0.201 e. The van der Waals surface area contributed by atoms with Gasteiger partial charge in [0.15, 0.2) is 24.7 Å². The Bertz CT molecular complexity index is 4010. The van der Waals surface area contributed by atoms with E-state index in [1.807, 2.05) is 6.20 Å². The van der Waals surface area contributed by atoms with Crippen molar-refractivity contribution in [1.29, 1.82) is 0 Å². The summed E-state index contributed by atoms with van der Waals surface area (Å²) in [7, 11) is 6.18. The number of pyridine rings is 4. The van der Waals surface area contributed by atoms with Crippen molar-refractivity contribution in [3.63, 3.8) is 0 Å². The first-order valence-corrected chi connectivity index (χ1v) is 20.2. The molecular weight excluding hydrogens is 789 g/mol. The van der Waals surface area contributed by atoms with Gasteiger partial charge in [0.2, 0.25) is 22.8 Å². The van der Waals surface area contributed by atoms with E-state index in [9.17, 15) is 0 Å². The second-order valence-corrected chi connectivity index (χ2v) is 15.3. The maximum atomic E-state index is 8.37. The highest BCUT2D eigenvalue weighted by molar-refractivity contribution is 5.67. The highest BCUT2D eigenvalue weighted by atomic mass is 14.9. The van der Waals surface area contributed by atoms with Gasteiger partial charge in [0.1, 0.15) is 32.3 Å². The van der Waals surface area contributed by atoms with Gasteiger partial charge in [-0.05, 0) is 159 Å². The van der Waals surface area contributed by atoms with E-state index in [1.54, 1.807) is 56.7 Å². The van der Waals surface area contributed by atoms with Gasteiger partial charge in [-0.15, -0.1) is 0 Å². The molecule has 4 heterocycles. The average Bonchev–Trinajstić information content (AvgIpc) is 0.754. The molecule has 0 radical (unpaired) electrons. The summed E-state index contributed by atoms with van der Waals surface area (Å²) < 4.78 is 264. The zero-order chi connectivity index (χ0) is 75.9. The molecule has 0 aliphatic heterocycles. The van der Waals surface area contributed by atoms with Gasteiger partial charge in [0, 0.05) is 88.8 Å². The Morgan fingerprint density at radius 3 is 1.69 bits per heavy atom. The predicted molar refractivity (Wildman–Crippen MR) is 274 cm³/mol. The van der Waals surface area contributed by atoms with E-state index in [2.05, 4.69) is 0 Å². The number of hydrogen-bond donors (Lipinski definition) is 0. The van der Waals surface area contributed by atoms with Gasteiger partial charge in [-0.3, -0.25) is 0 Å². The summed E-state index contributed by atoms with van der Waals surface area (Å²) in [6.45, 7) is 0.367. The van der Waals surface area contributed by atoms with Crippen LogP contribution in [0.15, 0.2) is 140 Å². The summed E-state index contributed by atoms with van der Waals surface area (Å²) >= 11 is 0. The highest BCUT2D eigenvalue weighted by Crippen LogP contribution is 2.27. The van der Waals surface area contributed by atoms with Gasteiger partial charge in [0.25, 0.3) is 0 Å². The van der Waals surface area contributed by atoms with Crippen molar-refractivity contribution in [3.05, 3.63) is 212 Å². The van der Waals surface area contributed by atoms with Crippen LogP contribution in [0.2, 0.25) is 0 Å². The fraction of sp³-hybridized carbons (Fsp3) is 0.279. The molecule has 0 fully saturated rings. The van der Waals surface area contributed by atoms with Crippen LogP contribution in [0, 0.1) is 89.6 Å². The highest BCUT2D eigenvalue weighted by Gasteiger charge is 2.19. The Morgan fingerprint density at radius 1 is 0.385 bits per heavy atom. The number of hydrogen-bond acceptors (Lipinski definition) is 0. The summed E-state index contributed by atoms with van der Waals surface area (Å²) in [5, 5.41) is 0. The van der Waals surface area contributed by atoms with Gasteiger partial charge in [-0.1, -0.05) is 71.6 Å². The zero-order valence-corrected chi connectivity index (χ0v) is 38.7. The molecule has 334 valence electrons. The summed E-state index contributed by atoms with van der Waals surface area (Å²) in [6.07, 6.45) is 0.895. The minimum Gasteiger partial charge on any atom is -0.201 e. The number of benzene rings is 4. The molecule has 0 atom stereocenters. The molecule has 0 spiro atoms. The van der Waals surface area contributed by atoms with Gasteiger partial charge in [0.05, 0.1) is 20.6 Å². The second-order valence-electron chi connectivity index (χ2n) is 15.3. The first-order valence-electron chi connectivity index (χ1n) is 36.7. The van der Waals surface area contributed by atoms with Crippen LogP contribution in [0.25, 0.3) is 45.0 Å². The summed E-state index contributed by atoms with van der Waals surface area (Å²) in [4.78, 5) is 0. The molecule has 0 saturated carbocycles. The molecule has 4 aromatic heterocycles. The van der Waals surface area contributed by atoms with E-state index in [1.165, 1.54) is 69.5 Å². The Labute approximate surface area is 438 Å². The second kappa shape index (κ2) is 21.9. The molecule has 8 aromatic rings. The van der Waals surface area contributed by atoms with Crippen LogP contribution in [-0.2, 0) is 28.2 Å². The molecule has 4 aromatic carbocycles. The number of rotatable bonds is 4. The van der Waals surface area contributed by atoms with Crippen LogP contribution in [-0.4, -0.2) is 0 Å². The van der Waals surface area contributed by atoms with E-state index in [4.69, 9.17) is 45.2 Å². The van der Waals surface area contributed by atoms with Crippen molar-refractivity contribution >= 4 is 0 Å². The van der Waals surface area contributed by atoms with Crippen LogP contribution >= 0.6 is 0 Å². The minimum atomic E-state index is -2.68. The normalized spacial score (nSPS) is 18.8. The predicted octanol–water partition coefficient (Wildman–Crippen LogP) is 12.7. The van der Waals surface area contributed by atoms with Crippen molar-refractivity contribution in [2.75, 3.05) is 0 Å². The van der Waals surface area contributed by atoms with E-state index >= 15 is 0 Å². The molecule has 0 aliphatic carbocycles. The van der Waals surface area contributed by atoms with E-state index in [0.717, 1.165) is 11.1 Å². The molecular formula is C61H74N4+4. The van der Waals surface area contributed by atoms with Crippen molar-refractivity contribution in [2.24, 2.45) is 28.2 Å². The van der Waals surface area contributed by atoms with Crippen LogP contribution in [0.3, 0.4) is 0 Å². The van der Waals surface area contributed by atoms with Crippen molar-refractivity contribution in [1.82, 2.24) is 0 Å². The third-order valence-electron chi connectivity index (χ3n) is 10.2. The third-order valence-corrected chi connectivity index (χ3v) is 10.2. The number of aromatic nitrogens is 4. The SMILES string of the molecule is [2H]C([2H])([2H])c1ccc(-c2c(C([2H])([2H])[2H])c(C)cc[n+]2C)c(C)c1.[2H]c1c([2H])c([2H])[n+](C)c(-c2c([2H])c([2H])c(C([2H])([2H])[2H])c([2H])c2C)c1C.[2H]c1c([2H])c([2H])c(-c2c(C)c([2H])c(C([2H])([2H])[2H])c([2H])[n+]2C)c(C)c1[2H].[2H]c1c([2H])c([2H])c(-c2c([2H])c(C)c(C([2H])([2H])[2H])c([2H])[n+]2C)c(C)c1[2H]. The monoisotopic (exact) mass is 896 g/mol. The first kappa shape index (κ1) is 21.2. The van der Waals surface area contributed by atoms with E-state index < -0.39 is 58.0 Å². The fourth-order valence-electron chi connectivity index (χ4n) is 6.85. The molecule has 0 unspecified atom stereocenters. The third kappa shape index (κ3) is 12.2. The summed E-state index contributed by atoms with van der Waals surface area (Å²) in [6, 6.07) is 1.83. The van der Waals surface area contributed by atoms with Gasteiger partial charge in [-0.25, -0.2) is 18.3 Å². The summed E-state index contributed by atoms with van der Waals surface area (Å²) in [5.74, 6) is 0. The maximum Gasteiger partial charge on any atom is 0.215 e. The van der Waals surface area contributed by atoms with E-state index in [0.29, 0.717) is 22.4 Å². The molecule has 4 nitrogen and oxygen atoms in total. The number of nitrogens with zero attached hydrogens (tertiary/aromatic N) is 4. The lowest BCUT2D eigenvalue weighted by Gasteiger charge is -2.09. The first-order chi connectivity index (χ1) is 44.4. The van der Waals surface area contributed by atoms with Crippen LogP contribution < -0.4 is 18.3 Å². The lowest BCUT2D eigenvalue weighted by Crippen LogP contribution is -2.32. The minimum absolute atomic E-state index is 0.0972. The molecule has 0 aliphatic rings. The van der Waals surface area contributed by atoms with Crippen molar-refractivity contribution in [2.45, 2.75) is 89.6 Å². The maximum absolute atomic E-state index is 8.37. The Hall–Kier alpha value is -6.52. The van der Waals surface area contributed by atoms with Crippen LogP contribution in [0.4, 0.5) is 0 Å². The quantitative estimate of drug-likeness (QED) is 0.156. The standard InChI is InChI=1S/C16H20N.3C15H18N/c1-11-6-7-15(13(3)10-11)16-14(4)12(2)8-9-17(16)5;1-11-7-8-14(13(3)10-11)15-12(2)6-5-9-16(15)4;1-11-9-13(3)15(16(4)10-11)14-8-6-5-7-12(14)2;1-11-7-5-6-8-14(11)15-9-12(2)13(3)10-16(15)4/h6-10H,1-5H3;3*5-10H,1-4H3/q4*+1/i1D3,4D3;2*1D3,5D,6D,7D,8D,9D,10D;3D3,5D,6D,7D,8D,9D,10D. The zero-order valence-electron chi connectivity index (χ0n) is 71.7. The van der Waals surface area contributed by atoms with Gasteiger partial charge >= 0.3 is 0 Å². The molecule has 65 heavy (non-hydrogen) atoms. The Kier molecular flexibility index (Phi) is 7.14. The van der Waals surface area contributed by atoms with Gasteiger partial charge < -0.3 is 0 Å². The molecule has 8 rings (SSSR count). The van der Waals surface area contributed by atoms with Crippen LogP contribution in [0.1, 0.15) is 118 Å². The lowest BCUT2D eigenvalue weighted by molar-refractivity contribution is -0.661. The number of aryl methyl sites for hydroxylation is 4. The summed E-state index contributed by atoms with van der Waals surface area (Å²) in [5.41, 5.74) is 4.66. The Balaban J connectivity index is 0.000000236. The van der Waals surface area contributed by atoms with Crippen molar-refractivity contribution < 1.29 is 63.5 Å². The van der Waals surface area contributed by atoms with E-state index in [-0.39, 0.29) is 169 Å². The molecule has 4 heteroatoms. The fourth-order valence-corrected chi connectivity index (χ4v) is 6.85. The Morgan fingerprint density at radius 2 is 1.02 bits per heavy atom. The molecule has 0 amide bonds. The molecule has 0 N–H and O–H groups in total. The lowest BCUT2D eigenvalue weighted by atomic mass is 9.97. The molecule has 0 saturated heterocycles. The van der Waals surface area contributed by atoms with Crippen molar-refractivity contribution in [3.8, 4) is 45.0 Å². The van der Waals surface area contributed by atoms with Gasteiger partial charge in [-0.2, -0.15) is 0 Å². The largest absolute Gasteiger partial charge is 0.215 e. The average molecular weight is 896 g/mol.